The van der Waals surface area contributed by atoms with Gasteiger partial charge in [0.2, 0.25) is 11.9 Å². The van der Waals surface area contributed by atoms with E-state index in [1.807, 2.05) is 12.1 Å². The number of aromatic nitrogens is 2. The van der Waals surface area contributed by atoms with E-state index in [2.05, 4.69) is 44.0 Å². The van der Waals surface area contributed by atoms with Crippen LogP contribution in [0.25, 0.3) is 0 Å². The molecule has 6 nitrogen and oxygen atoms in total. The molecule has 2 atom stereocenters. The maximum atomic E-state index is 12.5. The van der Waals surface area contributed by atoms with Crippen LogP contribution in [0.3, 0.4) is 0 Å². The van der Waals surface area contributed by atoms with Crippen molar-refractivity contribution in [1.82, 2.24) is 14.9 Å². The van der Waals surface area contributed by atoms with Crippen LogP contribution in [-0.2, 0) is 11.2 Å². The maximum Gasteiger partial charge on any atom is 0.222 e. The molecule has 1 aromatic heterocycles. The molecule has 2 aliphatic heterocycles. The summed E-state index contributed by atoms with van der Waals surface area (Å²) in [6, 6.07) is 12.7. The van der Waals surface area contributed by atoms with Crippen LogP contribution < -0.4 is 10.6 Å². The molecule has 2 N–H and O–H groups in total. The topological polar surface area (TPSA) is 75.3 Å². The zero-order valence-electron chi connectivity index (χ0n) is 14.9. The standard InChI is InChI=1S/C20H25N5O/c21-20-22-11-8-18(23-20)24-12-10-17-16(14-24)6-7-19(26)25(17)13-9-15-4-2-1-3-5-15/h1-5,8,11,16-17H,6-7,9-10,12-14H2,(H2,21,22,23). The lowest BCUT2D eigenvalue weighted by Crippen LogP contribution is -2.56. The van der Waals surface area contributed by atoms with Gasteiger partial charge in [-0.3, -0.25) is 4.79 Å². The molecule has 2 aliphatic rings. The Morgan fingerprint density at radius 2 is 2.00 bits per heavy atom. The number of nitrogens with two attached hydrogens (primary N) is 1. The highest BCUT2D eigenvalue weighted by atomic mass is 16.2. The number of nitrogen functional groups attached to an aromatic ring is 1. The molecule has 0 aliphatic carbocycles. The number of hydrogen-bond donors (Lipinski definition) is 1. The normalized spacial score (nSPS) is 23.0. The van der Waals surface area contributed by atoms with Gasteiger partial charge in [-0.2, -0.15) is 4.98 Å². The Labute approximate surface area is 154 Å². The Kier molecular flexibility index (Phi) is 4.73. The third-order valence-corrected chi connectivity index (χ3v) is 5.61. The van der Waals surface area contributed by atoms with Gasteiger partial charge in [-0.25, -0.2) is 4.98 Å². The van der Waals surface area contributed by atoms with Crippen molar-refractivity contribution < 1.29 is 4.79 Å². The molecule has 2 fully saturated rings. The lowest BCUT2D eigenvalue weighted by Gasteiger charge is -2.47. The van der Waals surface area contributed by atoms with Crippen LogP contribution in [-0.4, -0.2) is 46.5 Å². The summed E-state index contributed by atoms with van der Waals surface area (Å²) in [5.74, 6) is 2.01. The summed E-state index contributed by atoms with van der Waals surface area (Å²) in [5, 5.41) is 0. The SMILES string of the molecule is Nc1nccc(N2CCC3C(CCC(=O)N3CCc3ccccc3)C2)n1. The van der Waals surface area contributed by atoms with Gasteiger partial charge in [0.1, 0.15) is 5.82 Å². The predicted octanol–water partition coefficient (Wildman–Crippen LogP) is 2.12. The first kappa shape index (κ1) is 16.8. The second kappa shape index (κ2) is 7.32. The molecule has 2 unspecified atom stereocenters. The Balaban J connectivity index is 1.43. The first-order chi connectivity index (χ1) is 12.7. The Morgan fingerprint density at radius 1 is 1.15 bits per heavy atom. The van der Waals surface area contributed by atoms with E-state index in [0.29, 0.717) is 30.2 Å². The van der Waals surface area contributed by atoms with Crippen LogP contribution in [0.1, 0.15) is 24.8 Å². The van der Waals surface area contributed by atoms with E-state index in [1.54, 1.807) is 6.20 Å². The molecule has 6 heteroatoms. The minimum atomic E-state index is 0.307. The molecule has 1 aromatic carbocycles. The van der Waals surface area contributed by atoms with E-state index in [0.717, 1.165) is 44.7 Å². The highest BCUT2D eigenvalue weighted by Crippen LogP contribution is 2.33. The largest absolute Gasteiger partial charge is 0.368 e. The number of piperidine rings is 2. The predicted molar refractivity (Wildman–Crippen MR) is 102 cm³/mol. The maximum absolute atomic E-state index is 12.5. The van der Waals surface area contributed by atoms with Crippen molar-refractivity contribution in [3.63, 3.8) is 0 Å². The van der Waals surface area contributed by atoms with Crippen molar-refractivity contribution in [2.45, 2.75) is 31.7 Å². The third-order valence-electron chi connectivity index (χ3n) is 5.61. The van der Waals surface area contributed by atoms with Crippen LogP contribution >= 0.6 is 0 Å². The lowest BCUT2D eigenvalue weighted by atomic mass is 9.83. The second-order valence-electron chi connectivity index (χ2n) is 7.20. The van der Waals surface area contributed by atoms with Crippen LogP contribution in [0.5, 0.6) is 0 Å². The monoisotopic (exact) mass is 351 g/mol. The number of rotatable bonds is 4. The van der Waals surface area contributed by atoms with E-state index in [9.17, 15) is 4.79 Å². The fourth-order valence-corrected chi connectivity index (χ4v) is 4.28. The molecule has 136 valence electrons. The van der Waals surface area contributed by atoms with Crippen molar-refractivity contribution in [3.8, 4) is 0 Å². The van der Waals surface area contributed by atoms with Gasteiger partial charge >= 0.3 is 0 Å². The molecule has 3 heterocycles. The molecule has 0 radical (unpaired) electrons. The molecular formula is C20H25N5O. The smallest absolute Gasteiger partial charge is 0.222 e. The summed E-state index contributed by atoms with van der Waals surface area (Å²) in [5.41, 5.74) is 7.02. The molecule has 0 spiro atoms. The van der Waals surface area contributed by atoms with E-state index < -0.39 is 0 Å². The molecule has 1 amide bonds. The highest BCUT2D eigenvalue weighted by molar-refractivity contribution is 5.77. The van der Waals surface area contributed by atoms with Crippen LogP contribution in [0.15, 0.2) is 42.6 Å². The number of benzene rings is 1. The Hall–Kier alpha value is -2.63. The third kappa shape index (κ3) is 3.49. The van der Waals surface area contributed by atoms with E-state index in [-0.39, 0.29) is 0 Å². The zero-order chi connectivity index (χ0) is 17.9. The summed E-state index contributed by atoms with van der Waals surface area (Å²) in [6.45, 7) is 2.63. The van der Waals surface area contributed by atoms with Gasteiger partial charge in [0.25, 0.3) is 0 Å². The Bertz CT molecular complexity index is 766. The number of nitrogens with zero attached hydrogens (tertiary/aromatic N) is 4. The molecule has 0 bridgehead atoms. The number of carbonyl (C=O) groups is 1. The van der Waals surface area contributed by atoms with Crippen LogP contribution in [0.4, 0.5) is 11.8 Å². The molecule has 2 saturated heterocycles. The molecule has 4 rings (SSSR count). The van der Waals surface area contributed by atoms with Crippen molar-refractivity contribution in [3.05, 3.63) is 48.2 Å². The minimum absolute atomic E-state index is 0.307. The summed E-state index contributed by atoms with van der Waals surface area (Å²) >= 11 is 0. The number of anilines is 2. The molecule has 0 saturated carbocycles. The number of fused-ring (bicyclic) bond motifs is 1. The van der Waals surface area contributed by atoms with Crippen molar-refractivity contribution in [2.75, 3.05) is 30.3 Å². The second-order valence-corrected chi connectivity index (χ2v) is 7.20. The van der Waals surface area contributed by atoms with Crippen LogP contribution in [0.2, 0.25) is 0 Å². The summed E-state index contributed by atoms with van der Waals surface area (Å²) < 4.78 is 0. The minimum Gasteiger partial charge on any atom is -0.368 e. The Morgan fingerprint density at radius 3 is 2.81 bits per heavy atom. The van der Waals surface area contributed by atoms with Crippen molar-refractivity contribution in [1.29, 1.82) is 0 Å². The molecule has 2 aromatic rings. The quantitative estimate of drug-likeness (QED) is 0.913. The van der Waals surface area contributed by atoms with Gasteiger partial charge < -0.3 is 15.5 Å². The van der Waals surface area contributed by atoms with Crippen molar-refractivity contribution >= 4 is 17.7 Å². The summed E-state index contributed by atoms with van der Waals surface area (Å²) in [6.07, 6.45) is 5.22. The van der Waals surface area contributed by atoms with Gasteiger partial charge in [-0.1, -0.05) is 30.3 Å². The summed E-state index contributed by atoms with van der Waals surface area (Å²) in [7, 11) is 0. The van der Waals surface area contributed by atoms with E-state index >= 15 is 0 Å². The van der Waals surface area contributed by atoms with E-state index in [4.69, 9.17) is 5.73 Å². The fraction of sp³-hybridized carbons (Fsp3) is 0.450. The number of hydrogen-bond acceptors (Lipinski definition) is 5. The zero-order valence-corrected chi connectivity index (χ0v) is 14.9. The lowest BCUT2D eigenvalue weighted by molar-refractivity contribution is -0.139. The highest BCUT2D eigenvalue weighted by Gasteiger charge is 2.39. The van der Waals surface area contributed by atoms with Gasteiger partial charge in [0.15, 0.2) is 0 Å². The van der Waals surface area contributed by atoms with E-state index in [1.165, 1.54) is 5.56 Å². The molecular weight excluding hydrogens is 326 g/mol. The number of likely N-dealkylation sites (tertiary alicyclic amines) is 1. The summed E-state index contributed by atoms with van der Waals surface area (Å²) in [4.78, 5) is 25.3. The van der Waals surface area contributed by atoms with Gasteiger partial charge in [0.05, 0.1) is 0 Å². The average molecular weight is 351 g/mol. The number of carbonyl (C=O) groups excluding carboxylic acids is 1. The first-order valence-electron chi connectivity index (χ1n) is 9.37. The van der Waals surface area contributed by atoms with Gasteiger partial charge in [0, 0.05) is 38.3 Å². The van der Waals surface area contributed by atoms with Gasteiger partial charge in [-0.05, 0) is 36.8 Å². The number of amides is 1. The average Bonchev–Trinajstić information content (AvgIpc) is 2.68. The van der Waals surface area contributed by atoms with Crippen LogP contribution in [0, 0.1) is 5.92 Å². The van der Waals surface area contributed by atoms with Crippen molar-refractivity contribution in [2.24, 2.45) is 5.92 Å². The molecule has 26 heavy (non-hydrogen) atoms. The fourth-order valence-electron chi connectivity index (χ4n) is 4.28. The first-order valence-corrected chi connectivity index (χ1v) is 9.37. The van der Waals surface area contributed by atoms with Gasteiger partial charge in [-0.15, -0.1) is 0 Å².